The molecule has 0 amide bonds. The number of carbonyl (C=O) groups is 1. The molecule has 0 fully saturated rings. The Balaban J connectivity index is 2.18. The molecule has 0 atom stereocenters. The summed E-state index contributed by atoms with van der Waals surface area (Å²) < 4.78 is 0.754. The zero-order valence-electron chi connectivity index (χ0n) is 8.89. The van der Waals surface area contributed by atoms with Crippen molar-refractivity contribution in [2.75, 3.05) is 5.32 Å². The monoisotopic (exact) mass is 327 g/mol. The summed E-state index contributed by atoms with van der Waals surface area (Å²) in [4.78, 5) is 18.3. The fraction of sp³-hybridized carbons (Fsp3) is 0. The van der Waals surface area contributed by atoms with Crippen LogP contribution in [0, 0.1) is 0 Å². The van der Waals surface area contributed by atoms with Crippen molar-refractivity contribution < 1.29 is 9.90 Å². The Bertz CT molecular complexity index is 589. The summed E-state index contributed by atoms with van der Waals surface area (Å²) in [7, 11) is 0. The molecule has 0 aliphatic heterocycles. The number of aromatic carboxylic acids is 1. The Morgan fingerprint density at radius 2 is 2.11 bits per heavy atom. The van der Waals surface area contributed by atoms with Gasteiger partial charge in [-0.15, -0.1) is 0 Å². The quantitative estimate of drug-likeness (QED) is 0.904. The van der Waals surface area contributed by atoms with Crippen molar-refractivity contribution in [2.45, 2.75) is 0 Å². The average molecular weight is 329 g/mol. The predicted octanol–water partition coefficient (Wildman–Crippen LogP) is 3.33. The van der Waals surface area contributed by atoms with Crippen LogP contribution >= 0.6 is 27.5 Å². The number of aromatic nitrogens is 2. The topological polar surface area (TPSA) is 75.1 Å². The maximum atomic E-state index is 10.6. The Kier molecular flexibility index (Phi) is 3.78. The highest BCUT2D eigenvalue weighted by Crippen LogP contribution is 2.26. The van der Waals surface area contributed by atoms with E-state index in [2.05, 4.69) is 31.2 Å². The minimum absolute atomic E-state index is 0.0992. The fourth-order valence-corrected chi connectivity index (χ4v) is 1.72. The van der Waals surface area contributed by atoms with E-state index in [4.69, 9.17) is 16.7 Å². The molecule has 18 heavy (non-hydrogen) atoms. The summed E-state index contributed by atoms with van der Waals surface area (Å²) in [5.41, 5.74) is 0.668. The Labute approximate surface area is 116 Å². The Hall–Kier alpha value is -1.66. The largest absolute Gasteiger partial charge is 0.476 e. The molecule has 1 aromatic carbocycles. The van der Waals surface area contributed by atoms with Gasteiger partial charge in [0.2, 0.25) is 0 Å². The summed E-state index contributed by atoms with van der Waals surface area (Å²) in [5.74, 6) is -0.655. The number of carboxylic acids is 1. The smallest absolute Gasteiger partial charge is 0.356 e. The van der Waals surface area contributed by atoms with Crippen LogP contribution in [0.1, 0.15) is 10.5 Å². The molecule has 92 valence electrons. The number of rotatable bonds is 3. The number of nitrogens with one attached hydrogen (secondary N) is 1. The predicted molar refractivity (Wildman–Crippen MR) is 71.4 cm³/mol. The molecule has 2 aromatic rings. The van der Waals surface area contributed by atoms with Crippen LogP contribution in [0.25, 0.3) is 0 Å². The Morgan fingerprint density at radius 3 is 2.67 bits per heavy atom. The second-order valence-electron chi connectivity index (χ2n) is 3.35. The van der Waals surface area contributed by atoms with Crippen LogP contribution in [0.4, 0.5) is 11.5 Å². The third-order valence-electron chi connectivity index (χ3n) is 2.06. The molecule has 0 unspecified atom stereocenters. The lowest BCUT2D eigenvalue weighted by Gasteiger charge is -2.06. The van der Waals surface area contributed by atoms with Crippen molar-refractivity contribution in [3.05, 3.63) is 45.8 Å². The van der Waals surface area contributed by atoms with E-state index in [1.807, 2.05) is 0 Å². The van der Waals surface area contributed by atoms with Gasteiger partial charge in [0.1, 0.15) is 5.82 Å². The zero-order valence-corrected chi connectivity index (χ0v) is 11.2. The lowest BCUT2D eigenvalue weighted by molar-refractivity contribution is 0.0690. The summed E-state index contributed by atoms with van der Waals surface area (Å²) in [6.45, 7) is 0. The number of benzene rings is 1. The van der Waals surface area contributed by atoms with Gasteiger partial charge in [0.05, 0.1) is 17.4 Å². The van der Waals surface area contributed by atoms with Crippen LogP contribution in [-0.2, 0) is 0 Å². The van der Waals surface area contributed by atoms with Crippen LogP contribution in [0.3, 0.4) is 0 Å². The van der Waals surface area contributed by atoms with E-state index in [0.29, 0.717) is 10.8 Å². The maximum absolute atomic E-state index is 10.6. The van der Waals surface area contributed by atoms with E-state index in [-0.39, 0.29) is 5.69 Å². The van der Waals surface area contributed by atoms with E-state index in [0.717, 1.165) is 10.2 Å². The summed E-state index contributed by atoms with van der Waals surface area (Å²) >= 11 is 9.18. The number of hydrogen-bond acceptors (Lipinski definition) is 4. The summed E-state index contributed by atoms with van der Waals surface area (Å²) in [6, 6.07) is 5.29. The van der Waals surface area contributed by atoms with E-state index < -0.39 is 5.97 Å². The van der Waals surface area contributed by atoms with Gasteiger partial charge in [0.25, 0.3) is 0 Å². The molecule has 2 N–H and O–H groups in total. The summed E-state index contributed by atoms with van der Waals surface area (Å²) in [6.07, 6.45) is 2.54. The molecule has 0 spiro atoms. The van der Waals surface area contributed by atoms with Gasteiger partial charge in [-0.05, 0) is 34.1 Å². The minimum atomic E-state index is -1.11. The minimum Gasteiger partial charge on any atom is -0.476 e. The molecule has 1 aromatic heterocycles. The van der Waals surface area contributed by atoms with Crippen LogP contribution in [-0.4, -0.2) is 21.0 Å². The highest BCUT2D eigenvalue weighted by Gasteiger charge is 2.05. The Morgan fingerprint density at radius 1 is 1.33 bits per heavy atom. The number of anilines is 2. The van der Waals surface area contributed by atoms with Gasteiger partial charge in [-0.2, -0.15) is 0 Å². The van der Waals surface area contributed by atoms with Gasteiger partial charge in [-0.1, -0.05) is 11.6 Å². The molecular formula is C11H7BrClN3O2. The molecule has 0 aliphatic rings. The SMILES string of the molecule is O=C(O)c1cnc(Nc2ccc(Cl)c(Br)c2)cn1. The molecule has 5 nitrogen and oxygen atoms in total. The highest BCUT2D eigenvalue weighted by molar-refractivity contribution is 9.10. The fourth-order valence-electron chi connectivity index (χ4n) is 1.22. The van der Waals surface area contributed by atoms with E-state index in [9.17, 15) is 4.79 Å². The molecule has 0 saturated carbocycles. The molecule has 0 aliphatic carbocycles. The number of halogens is 2. The van der Waals surface area contributed by atoms with Gasteiger partial charge >= 0.3 is 5.97 Å². The first kappa shape index (κ1) is 12.8. The summed E-state index contributed by atoms with van der Waals surface area (Å²) in [5, 5.41) is 12.3. The lowest BCUT2D eigenvalue weighted by Crippen LogP contribution is -2.02. The number of carboxylic acid groups (broad SMARTS) is 1. The zero-order chi connectivity index (χ0) is 13.1. The van der Waals surface area contributed by atoms with Crippen LogP contribution in [0.5, 0.6) is 0 Å². The maximum Gasteiger partial charge on any atom is 0.356 e. The lowest BCUT2D eigenvalue weighted by atomic mass is 10.3. The molecule has 7 heteroatoms. The van der Waals surface area contributed by atoms with Crippen molar-refractivity contribution in [3.63, 3.8) is 0 Å². The molecular weight excluding hydrogens is 321 g/mol. The van der Waals surface area contributed by atoms with Gasteiger partial charge in [-0.25, -0.2) is 14.8 Å². The van der Waals surface area contributed by atoms with Crippen molar-refractivity contribution in [1.82, 2.24) is 9.97 Å². The molecule has 1 heterocycles. The molecule has 0 radical (unpaired) electrons. The first-order valence-electron chi connectivity index (χ1n) is 4.83. The third kappa shape index (κ3) is 2.96. The van der Waals surface area contributed by atoms with Crippen molar-refractivity contribution in [2.24, 2.45) is 0 Å². The van der Waals surface area contributed by atoms with Crippen molar-refractivity contribution >= 4 is 45.0 Å². The first-order chi connectivity index (χ1) is 8.56. The molecule has 2 rings (SSSR count). The second kappa shape index (κ2) is 5.32. The van der Waals surface area contributed by atoms with Crippen molar-refractivity contribution in [3.8, 4) is 0 Å². The normalized spacial score (nSPS) is 10.1. The molecule has 0 saturated heterocycles. The second-order valence-corrected chi connectivity index (χ2v) is 4.61. The standard InChI is InChI=1S/C11H7BrClN3O2/c12-7-3-6(1-2-8(7)13)16-10-5-14-9(4-15-10)11(17)18/h1-5H,(H,15,16)(H,17,18). The number of hydrogen-bond donors (Lipinski definition) is 2. The van der Waals surface area contributed by atoms with Gasteiger partial charge in [-0.3, -0.25) is 0 Å². The highest BCUT2D eigenvalue weighted by atomic mass is 79.9. The van der Waals surface area contributed by atoms with E-state index in [1.54, 1.807) is 18.2 Å². The first-order valence-corrected chi connectivity index (χ1v) is 6.01. The van der Waals surface area contributed by atoms with Crippen LogP contribution in [0.15, 0.2) is 35.1 Å². The van der Waals surface area contributed by atoms with Gasteiger partial charge in [0.15, 0.2) is 5.69 Å². The van der Waals surface area contributed by atoms with Crippen molar-refractivity contribution in [1.29, 1.82) is 0 Å². The van der Waals surface area contributed by atoms with Gasteiger partial charge < -0.3 is 10.4 Å². The van der Waals surface area contributed by atoms with Crippen LogP contribution in [0.2, 0.25) is 5.02 Å². The van der Waals surface area contributed by atoms with Gasteiger partial charge in [0, 0.05) is 10.2 Å². The third-order valence-corrected chi connectivity index (χ3v) is 3.28. The van der Waals surface area contributed by atoms with Crippen LogP contribution < -0.4 is 5.32 Å². The van der Waals surface area contributed by atoms with E-state index >= 15 is 0 Å². The van der Waals surface area contributed by atoms with E-state index in [1.165, 1.54) is 12.4 Å². The molecule has 0 bridgehead atoms. The average Bonchev–Trinajstić information content (AvgIpc) is 2.34. The number of nitrogens with zero attached hydrogens (tertiary/aromatic N) is 2.